The molecule has 0 atom stereocenters. The fourth-order valence-corrected chi connectivity index (χ4v) is 2.88. The first-order chi connectivity index (χ1) is 9.86. The molecule has 1 aliphatic carbocycles. The Kier molecular flexibility index (Phi) is 3.98. The summed E-state index contributed by atoms with van der Waals surface area (Å²) in [5, 5.41) is 16.0. The molecule has 0 radical (unpaired) electrons. The summed E-state index contributed by atoms with van der Waals surface area (Å²) in [6.07, 6.45) is 7.83. The second kappa shape index (κ2) is 6.06. The van der Waals surface area contributed by atoms with Crippen molar-refractivity contribution < 1.29 is 0 Å². The molecule has 2 aliphatic rings. The number of rotatable bonds is 3. The predicted molar refractivity (Wildman–Crippen MR) is 79.7 cm³/mol. The van der Waals surface area contributed by atoms with Crippen LogP contribution in [0.1, 0.15) is 36.1 Å². The van der Waals surface area contributed by atoms with E-state index in [4.69, 9.17) is 4.98 Å². The lowest BCUT2D eigenvalue weighted by Crippen LogP contribution is -2.23. The summed E-state index contributed by atoms with van der Waals surface area (Å²) in [5.74, 6) is 0.757. The van der Waals surface area contributed by atoms with E-state index < -0.39 is 0 Å². The summed E-state index contributed by atoms with van der Waals surface area (Å²) in [6.45, 7) is 2.78. The highest BCUT2D eigenvalue weighted by molar-refractivity contribution is 5.55. The maximum atomic E-state index is 9.30. The molecule has 0 amide bonds. The molecular weight excluding hydrogens is 248 g/mol. The van der Waals surface area contributed by atoms with Gasteiger partial charge in [0, 0.05) is 18.8 Å². The van der Waals surface area contributed by atoms with Crippen LogP contribution in [0.4, 0.5) is 5.82 Å². The summed E-state index contributed by atoms with van der Waals surface area (Å²) in [7, 11) is 0. The summed E-state index contributed by atoms with van der Waals surface area (Å²) < 4.78 is 0. The van der Waals surface area contributed by atoms with Crippen LogP contribution in [-0.4, -0.2) is 24.6 Å². The number of nitrogens with one attached hydrogen (secondary N) is 2. The van der Waals surface area contributed by atoms with E-state index in [1.54, 1.807) is 0 Å². The fourth-order valence-electron chi connectivity index (χ4n) is 2.88. The van der Waals surface area contributed by atoms with Crippen molar-refractivity contribution in [3.8, 4) is 6.07 Å². The highest BCUT2D eigenvalue weighted by atomic mass is 15.0. The fraction of sp³-hybridized carbons (Fsp3) is 0.500. The van der Waals surface area contributed by atoms with Gasteiger partial charge in [-0.3, -0.25) is 0 Å². The van der Waals surface area contributed by atoms with Crippen LogP contribution < -0.4 is 10.6 Å². The number of fused-ring (bicyclic) bond motifs is 1. The van der Waals surface area contributed by atoms with E-state index in [9.17, 15) is 5.26 Å². The molecule has 1 aromatic heterocycles. The quantitative estimate of drug-likeness (QED) is 0.825. The van der Waals surface area contributed by atoms with E-state index in [-0.39, 0.29) is 0 Å². The topological polar surface area (TPSA) is 60.7 Å². The summed E-state index contributed by atoms with van der Waals surface area (Å²) in [4.78, 5) is 4.69. The van der Waals surface area contributed by atoms with Crippen molar-refractivity contribution in [3.63, 3.8) is 0 Å². The molecule has 4 nitrogen and oxygen atoms in total. The molecule has 1 aromatic rings. The van der Waals surface area contributed by atoms with Gasteiger partial charge in [-0.2, -0.15) is 5.26 Å². The molecule has 0 aromatic carbocycles. The van der Waals surface area contributed by atoms with Crippen molar-refractivity contribution in [3.05, 3.63) is 34.5 Å². The van der Waals surface area contributed by atoms with Crippen LogP contribution in [0.5, 0.6) is 0 Å². The van der Waals surface area contributed by atoms with Gasteiger partial charge in [-0.1, -0.05) is 11.6 Å². The maximum Gasteiger partial charge on any atom is 0.144 e. The van der Waals surface area contributed by atoms with Crippen molar-refractivity contribution >= 4 is 5.82 Å². The van der Waals surface area contributed by atoms with Gasteiger partial charge in [-0.25, -0.2) is 4.98 Å². The van der Waals surface area contributed by atoms with Crippen molar-refractivity contribution in [2.24, 2.45) is 0 Å². The molecule has 0 bridgehead atoms. The average molecular weight is 268 g/mol. The molecule has 20 heavy (non-hydrogen) atoms. The van der Waals surface area contributed by atoms with Crippen LogP contribution in [0.3, 0.4) is 0 Å². The Hall–Kier alpha value is -1.86. The Labute approximate surface area is 119 Å². The van der Waals surface area contributed by atoms with E-state index >= 15 is 0 Å². The Balaban J connectivity index is 1.78. The van der Waals surface area contributed by atoms with E-state index in [0.29, 0.717) is 5.56 Å². The summed E-state index contributed by atoms with van der Waals surface area (Å²) in [6, 6.07) is 4.31. The average Bonchev–Trinajstić information content (AvgIpc) is 2.53. The van der Waals surface area contributed by atoms with Crippen LogP contribution in [0.25, 0.3) is 0 Å². The first kappa shape index (κ1) is 13.1. The zero-order valence-corrected chi connectivity index (χ0v) is 11.7. The Bertz CT molecular complexity index is 569. The van der Waals surface area contributed by atoms with Gasteiger partial charge < -0.3 is 10.6 Å². The SMILES string of the molecule is N#Cc1cc2c(nc1NCC1=CCNCC1)CCCC2. The van der Waals surface area contributed by atoms with Gasteiger partial charge in [-0.15, -0.1) is 0 Å². The van der Waals surface area contributed by atoms with Gasteiger partial charge in [-0.05, 0) is 50.3 Å². The van der Waals surface area contributed by atoms with Crippen LogP contribution in [0.2, 0.25) is 0 Å². The molecule has 2 N–H and O–H groups in total. The number of pyridine rings is 1. The maximum absolute atomic E-state index is 9.30. The van der Waals surface area contributed by atoms with E-state index in [1.165, 1.54) is 29.7 Å². The van der Waals surface area contributed by atoms with Gasteiger partial charge in [0.2, 0.25) is 0 Å². The van der Waals surface area contributed by atoms with E-state index in [2.05, 4.69) is 22.8 Å². The lowest BCUT2D eigenvalue weighted by molar-refractivity contribution is 0.667. The van der Waals surface area contributed by atoms with Crippen molar-refractivity contribution in [1.82, 2.24) is 10.3 Å². The molecule has 0 spiro atoms. The molecule has 1 aliphatic heterocycles. The molecule has 0 saturated carbocycles. The number of anilines is 1. The number of nitriles is 1. The third-order valence-electron chi connectivity index (χ3n) is 4.06. The lowest BCUT2D eigenvalue weighted by atomic mass is 9.95. The van der Waals surface area contributed by atoms with Gasteiger partial charge in [0.05, 0.1) is 5.56 Å². The molecule has 0 saturated heterocycles. The van der Waals surface area contributed by atoms with Crippen molar-refractivity contribution in [2.45, 2.75) is 32.1 Å². The largest absolute Gasteiger partial charge is 0.365 e. The third kappa shape index (κ3) is 2.83. The highest BCUT2D eigenvalue weighted by Crippen LogP contribution is 2.24. The Morgan fingerprint density at radius 2 is 2.20 bits per heavy atom. The molecule has 0 fully saturated rings. The molecule has 4 heteroatoms. The second-order valence-corrected chi connectivity index (χ2v) is 5.48. The number of aromatic nitrogens is 1. The monoisotopic (exact) mass is 268 g/mol. The van der Waals surface area contributed by atoms with Crippen LogP contribution in [0.15, 0.2) is 17.7 Å². The Morgan fingerprint density at radius 3 is 3.00 bits per heavy atom. The third-order valence-corrected chi connectivity index (χ3v) is 4.06. The number of nitrogens with zero attached hydrogens (tertiary/aromatic N) is 2. The molecule has 0 unspecified atom stereocenters. The molecule has 2 heterocycles. The van der Waals surface area contributed by atoms with E-state index in [1.807, 2.05) is 6.07 Å². The molecular formula is C16H20N4. The smallest absolute Gasteiger partial charge is 0.144 e. The molecule has 3 rings (SSSR count). The summed E-state index contributed by atoms with van der Waals surface area (Å²) in [5.41, 5.74) is 4.52. The van der Waals surface area contributed by atoms with Crippen molar-refractivity contribution in [2.75, 3.05) is 25.0 Å². The minimum atomic E-state index is 0.681. The first-order valence-corrected chi connectivity index (χ1v) is 7.42. The number of hydrogen-bond acceptors (Lipinski definition) is 4. The van der Waals surface area contributed by atoms with Crippen molar-refractivity contribution in [1.29, 1.82) is 5.26 Å². The number of hydrogen-bond donors (Lipinski definition) is 2. The van der Waals surface area contributed by atoms with Gasteiger partial charge in [0.1, 0.15) is 11.9 Å². The Morgan fingerprint density at radius 1 is 1.30 bits per heavy atom. The van der Waals surface area contributed by atoms with Crippen LogP contribution >= 0.6 is 0 Å². The predicted octanol–water partition coefficient (Wildman–Crippen LogP) is 2.16. The van der Waals surface area contributed by atoms with Gasteiger partial charge in [0.15, 0.2) is 0 Å². The van der Waals surface area contributed by atoms with Crippen LogP contribution in [-0.2, 0) is 12.8 Å². The molecule has 104 valence electrons. The lowest BCUT2D eigenvalue weighted by Gasteiger charge is -2.19. The standard InChI is InChI=1S/C16H20N4/c17-10-14-9-13-3-1-2-4-15(13)20-16(14)19-11-12-5-7-18-8-6-12/h5,9,18H,1-4,6-8,11H2,(H,19,20). The minimum Gasteiger partial charge on any atom is -0.365 e. The first-order valence-electron chi connectivity index (χ1n) is 7.42. The number of aryl methyl sites for hydroxylation is 2. The summed E-state index contributed by atoms with van der Waals surface area (Å²) >= 11 is 0. The normalized spacial score (nSPS) is 17.9. The van der Waals surface area contributed by atoms with Gasteiger partial charge in [0.25, 0.3) is 0 Å². The zero-order chi connectivity index (χ0) is 13.8. The second-order valence-electron chi connectivity index (χ2n) is 5.48. The minimum absolute atomic E-state index is 0.681. The zero-order valence-electron chi connectivity index (χ0n) is 11.7. The van der Waals surface area contributed by atoms with E-state index in [0.717, 1.165) is 44.7 Å². The highest BCUT2D eigenvalue weighted by Gasteiger charge is 2.15. The van der Waals surface area contributed by atoms with Crippen LogP contribution in [0, 0.1) is 11.3 Å². The van der Waals surface area contributed by atoms with Gasteiger partial charge >= 0.3 is 0 Å².